The molecule has 0 aromatic heterocycles. The number of nitrogens with one attached hydrogen (secondary N) is 1. The maximum Gasteiger partial charge on any atom is 0.245 e. The fraction of sp³-hybridized carbons (Fsp3) is 0.579. The number of carbonyl (C=O) groups excluding carboxylic acids is 2. The van der Waals surface area contributed by atoms with E-state index in [0.717, 1.165) is 31.2 Å². The van der Waals surface area contributed by atoms with Gasteiger partial charge in [-0.25, -0.2) is 4.39 Å². The Morgan fingerprint density at radius 3 is 2.56 bits per heavy atom. The second kappa shape index (κ2) is 7.52. The average molecular weight is 348 g/mol. The minimum atomic E-state index is -0.853. The molecule has 0 radical (unpaired) electrons. The van der Waals surface area contributed by atoms with Gasteiger partial charge in [0.15, 0.2) is 0 Å². The zero-order valence-corrected chi connectivity index (χ0v) is 14.3. The normalized spacial score (nSPS) is 20.7. The van der Waals surface area contributed by atoms with E-state index in [1.807, 2.05) is 0 Å². The lowest BCUT2D eigenvalue weighted by Crippen LogP contribution is -2.50. The van der Waals surface area contributed by atoms with E-state index in [1.54, 1.807) is 17.0 Å². The van der Waals surface area contributed by atoms with Crippen LogP contribution in [0, 0.1) is 11.2 Å². The minimum absolute atomic E-state index is 0.0139. The molecular formula is C19H25FN2O3. The molecule has 6 heteroatoms. The molecule has 3 rings (SSSR count). The lowest BCUT2D eigenvalue weighted by Gasteiger charge is -2.34. The van der Waals surface area contributed by atoms with Gasteiger partial charge in [-0.05, 0) is 36.0 Å². The first-order chi connectivity index (χ1) is 12.0. The number of nitrogens with zero attached hydrogens (tertiary/aromatic N) is 1. The van der Waals surface area contributed by atoms with Crippen molar-refractivity contribution in [3.05, 3.63) is 35.6 Å². The van der Waals surface area contributed by atoms with E-state index in [-0.39, 0.29) is 29.6 Å². The standard InChI is InChI=1S/C19H25FN2O3/c20-15-6-4-14(5-7-15)11-21-18(25)16(12-23)22-13-19(10-17(22)24)8-2-1-3-9-19/h4-7,16,23H,1-3,8-13H2,(H,21,25)/t16-/m0/s1. The highest BCUT2D eigenvalue weighted by Gasteiger charge is 2.46. The lowest BCUT2D eigenvalue weighted by atomic mass is 9.73. The predicted molar refractivity (Wildman–Crippen MR) is 91.0 cm³/mol. The second-order valence-electron chi connectivity index (χ2n) is 7.30. The maximum atomic E-state index is 12.9. The molecule has 1 aliphatic carbocycles. The molecule has 5 nitrogen and oxygen atoms in total. The van der Waals surface area contributed by atoms with Gasteiger partial charge in [0, 0.05) is 19.5 Å². The molecular weight excluding hydrogens is 323 g/mol. The molecule has 136 valence electrons. The summed E-state index contributed by atoms with van der Waals surface area (Å²) in [4.78, 5) is 26.5. The topological polar surface area (TPSA) is 69.6 Å². The lowest BCUT2D eigenvalue weighted by molar-refractivity contribution is -0.139. The van der Waals surface area contributed by atoms with E-state index >= 15 is 0 Å². The van der Waals surface area contributed by atoms with Crippen LogP contribution in [0.4, 0.5) is 4.39 Å². The Labute approximate surface area is 147 Å². The first-order valence-corrected chi connectivity index (χ1v) is 8.95. The number of halogens is 1. The van der Waals surface area contributed by atoms with Gasteiger partial charge < -0.3 is 15.3 Å². The summed E-state index contributed by atoms with van der Waals surface area (Å²) < 4.78 is 12.9. The Balaban J connectivity index is 1.61. The van der Waals surface area contributed by atoms with Crippen molar-refractivity contribution < 1.29 is 19.1 Å². The summed E-state index contributed by atoms with van der Waals surface area (Å²) >= 11 is 0. The summed E-state index contributed by atoms with van der Waals surface area (Å²) in [6, 6.07) is 5.02. The number of hydrogen-bond acceptors (Lipinski definition) is 3. The van der Waals surface area contributed by atoms with Crippen LogP contribution in [0.5, 0.6) is 0 Å². The van der Waals surface area contributed by atoms with Gasteiger partial charge in [0.05, 0.1) is 6.61 Å². The molecule has 2 amide bonds. The molecule has 1 saturated heterocycles. The van der Waals surface area contributed by atoms with Gasteiger partial charge in [0.2, 0.25) is 11.8 Å². The first kappa shape index (κ1) is 17.9. The van der Waals surface area contributed by atoms with E-state index in [4.69, 9.17) is 0 Å². The number of amides is 2. The van der Waals surface area contributed by atoms with Crippen LogP contribution in [0.3, 0.4) is 0 Å². The summed E-state index contributed by atoms with van der Waals surface area (Å²) in [6.07, 6.45) is 5.98. The first-order valence-electron chi connectivity index (χ1n) is 8.95. The van der Waals surface area contributed by atoms with Crippen molar-refractivity contribution >= 4 is 11.8 Å². The van der Waals surface area contributed by atoms with Crippen molar-refractivity contribution in [1.29, 1.82) is 0 Å². The fourth-order valence-corrected chi connectivity index (χ4v) is 4.08. The van der Waals surface area contributed by atoms with Crippen molar-refractivity contribution in [2.24, 2.45) is 5.41 Å². The molecule has 1 spiro atoms. The zero-order valence-electron chi connectivity index (χ0n) is 14.3. The molecule has 2 N–H and O–H groups in total. The average Bonchev–Trinajstić information content (AvgIpc) is 2.91. The van der Waals surface area contributed by atoms with Crippen LogP contribution in [-0.4, -0.2) is 41.0 Å². The summed E-state index contributed by atoms with van der Waals surface area (Å²) in [7, 11) is 0. The highest BCUT2D eigenvalue weighted by atomic mass is 19.1. The van der Waals surface area contributed by atoms with Gasteiger partial charge >= 0.3 is 0 Å². The van der Waals surface area contributed by atoms with Gasteiger partial charge in [-0.15, -0.1) is 0 Å². The third-order valence-electron chi connectivity index (χ3n) is 5.50. The molecule has 1 heterocycles. The number of rotatable bonds is 5. The number of hydrogen-bond donors (Lipinski definition) is 2. The molecule has 1 atom stereocenters. The summed E-state index contributed by atoms with van der Waals surface area (Å²) in [5.41, 5.74) is 0.753. The highest BCUT2D eigenvalue weighted by Crippen LogP contribution is 2.44. The Hall–Kier alpha value is -1.95. The number of likely N-dealkylation sites (tertiary alicyclic amines) is 1. The maximum absolute atomic E-state index is 12.9. The van der Waals surface area contributed by atoms with Crippen LogP contribution < -0.4 is 5.32 Å². The summed E-state index contributed by atoms with van der Waals surface area (Å²) in [5, 5.41) is 12.4. The van der Waals surface area contributed by atoms with Crippen LogP contribution in [0.25, 0.3) is 0 Å². The quantitative estimate of drug-likeness (QED) is 0.855. The van der Waals surface area contributed by atoms with Gasteiger partial charge in [0.1, 0.15) is 11.9 Å². The Morgan fingerprint density at radius 2 is 1.92 bits per heavy atom. The molecule has 2 fully saturated rings. The Bertz CT molecular complexity index is 626. The van der Waals surface area contributed by atoms with Crippen molar-refractivity contribution in [2.45, 2.75) is 51.1 Å². The molecule has 0 unspecified atom stereocenters. The highest BCUT2D eigenvalue weighted by molar-refractivity contribution is 5.89. The van der Waals surface area contributed by atoms with Gasteiger partial charge in [-0.3, -0.25) is 9.59 Å². The third-order valence-corrected chi connectivity index (χ3v) is 5.50. The van der Waals surface area contributed by atoms with Crippen molar-refractivity contribution in [1.82, 2.24) is 10.2 Å². The smallest absolute Gasteiger partial charge is 0.245 e. The molecule has 1 aromatic carbocycles. The minimum Gasteiger partial charge on any atom is -0.394 e. The molecule has 2 aliphatic rings. The second-order valence-corrected chi connectivity index (χ2v) is 7.30. The van der Waals surface area contributed by atoms with Crippen molar-refractivity contribution in [3.8, 4) is 0 Å². The van der Waals surface area contributed by atoms with E-state index in [1.165, 1.54) is 18.6 Å². The summed E-state index contributed by atoms with van der Waals surface area (Å²) in [5.74, 6) is -0.741. The fourth-order valence-electron chi connectivity index (χ4n) is 4.08. The molecule has 0 bridgehead atoms. The molecule has 1 aromatic rings. The van der Waals surface area contributed by atoms with E-state index in [9.17, 15) is 19.1 Å². The van der Waals surface area contributed by atoms with Crippen LogP contribution >= 0.6 is 0 Å². The monoisotopic (exact) mass is 348 g/mol. The van der Waals surface area contributed by atoms with E-state index in [0.29, 0.717) is 13.0 Å². The Kier molecular flexibility index (Phi) is 5.37. The Morgan fingerprint density at radius 1 is 1.24 bits per heavy atom. The molecule has 1 aliphatic heterocycles. The van der Waals surface area contributed by atoms with E-state index < -0.39 is 12.6 Å². The SMILES string of the molecule is O=C(NCc1ccc(F)cc1)[C@H](CO)N1CC2(CCCCC2)CC1=O. The van der Waals surface area contributed by atoms with Gasteiger partial charge in [-0.2, -0.15) is 0 Å². The van der Waals surface area contributed by atoms with Gasteiger partial charge in [0.25, 0.3) is 0 Å². The van der Waals surface area contributed by atoms with Crippen LogP contribution in [0.2, 0.25) is 0 Å². The van der Waals surface area contributed by atoms with Crippen molar-refractivity contribution in [3.63, 3.8) is 0 Å². The van der Waals surface area contributed by atoms with Crippen LogP contribution in [0.15, 0.2) is 24.3 Å². The third kappa shape index (κ3) is 4.00. The molecule has 25 heavy (non-hydrogen) atoms. The van der Waals surface area contributed by atoms with Crippen molar-refractivity contribution in [2.75, 3.05) is 13.2 Å². The number of aliphatic hydroxyl groups is 1. The van der Waals surface area contributed by atoms with E-state index in [2.05, 4.69) is 5.32 Å². The number of carbonyl (C=O) groups is 2. The number of benzene rings is 1. The van der Waals surface area contributed by atoms with Crippen LogP contribution in [-0.2, 0) is 16.1 Å². The summed E-state index contributed by atoms with van der Waals surface area (Å²) in [6.45, 7) is 0.404. The predicted octanol–water partition coefficient (Wildman–Crippen LogP) is 1.99. The zero-order chi connectivity index (χ0) is 17.9. The van der Waals surface area contributed by atoms with Gasteiger partial charge in [-0.1, -0.05) is 31.4 Å². The van der Waals surface area contributed by atoms with Crippen LogP contribution in [0.1, 0.15) is 44.1 Å². The molecule has 1 saturated carbocycles. The number of aliphatic hydroxyl groups excluding tert-OH is 1. The largest absolute Gasteiger partial charge is 0.394 e.